The topological polar surface area (TPSA) is 38.3 Å². The van der Waals surface area contributed by atoms with Gasteiger partial charge in [-0.2, -0.15) is 0 Å². The molecule has 0 saturated carbocycles. The third-order valence-electron chi connectivity index (χ3n) is 4.34. The summed E-state index contributed by atoms with van der Waals surface area (Å²) in [6.07, 6.45) is 0. The average molecular weight is 418 g/mol. The van der Waals surface area contributed by atoms with Gasteiger partial charge in [0.05, 0.1) is 5.69 Å². The summed E-state index contributed by atoms with van der Waals surface area (Å²) in [5.74, 6) is 1.00. The van der Waals surface area contributed by atoms with Gasteiger partial charge in [-0.3, -0.25) is 4.79 Å². The first-order valence-electron chi connectivity index (χ1n) is 8.91. The van der Waals surface area contributed by atoms with Crippen molar-refractivity contribution in [2.75, 3.05) is 11.9 Å². The normalized spacial score (nSPS) is 11.5. The van der Waals surface area contributed by atoms with E-state index in [1.54, 1.807) is 0 Å². The Morgan fingerprint density at radius 2 is 1.85 bits per heavy atom. The van der Waals surface area contributed by atoms with Gasteiger partial charge in [0.25, 0.3) is 5.91 Å². The number of hydrogen-bond donors (Lipinski definition) is 1. The molecule has 2 rings (SSSR count). The molecule has 0 radical (unpaired) electrons. The van der Waals surface area contributed by atoms with E-state index < -0.39 is 0 Å². The zero-order valence-corrected chi connectivity index (χ0v) is 18.0. The van der Waals surface area contributed by atoms with Gasteiger partial charge < -0.3 is 10.1 Å². The van der Waals surface area contributed by atoms with Crippen molar-refractivity contribution in [2.24, 2.45) is 0 Å². The molecule has 0 aliphatic heterocycles. The molecule has 3 nitrogen and oxygen atoms in total. The van der Waals surface area contributed by atoms with Crippen LogP contribution in [0, 0.1) is 6.92 Å². The number of ether oxygens (including phenoxy) is 1. The Morgan fingerprint density at radius 1 is 1.15 bits per heavy atom. The minimum atomic E-state index is -0.181. The smallest absolute Gasteiger partial charge is 0.262 e. The highest BCUT2D eigenvalue weighted by Crippen LogP contribution is 2.30. The minimum Gasteiger partial charge on any atom is -0.484 e. The predicted molar refractivity (Wildman–Crippen MR) is 112 cm³/mol. The maximum Gasteiger partial charge on any atom is 0.262 e. The van der Waals surface area contributed by atoms with Crippen molar-refractivity contribution in [3.05, 3.63) is 57.6 Å². The Kier molecular flexibility index (Phi) is 6.51. The van der Waals surface area contributed by atoms with Crippen molar-refractivity contribution in [2.45, 2.75) is 52.9 Å². The van der Waals surface area contributed by atoms with Crippen LogP contribution >= 0.6 is 15.9 Å². The number of halogens is 1. The zero-order valence-electron chi connectivity index (χ0n) is 16.4. The standard InChI is InChI=1S/C22H28BrNO2/c1-14(2)18-9-8-17(11-15(18)3)26-13-21(25)24-20-10-7-16(12-19(20)23)22(4,5)6/h7-12,14H,13H2,1-6H3,(H,24,25). The Morgan fingerprint density at radius 3 is 2.38 bits per heavy atom. The lowest BCUT2D eigenvalue weighted by molar-refractivity contribution is -0.118. The number of amides is 1. The van der Waals surface area contributed by atoms with Crippen molar-refractivity contribution in [3.63, 3.8) is 0 Å². The van der Waals surface area contributed by atoms with E-state index in [4.69, 9.17) is 4.74 Å². The van der Waals surface area contributed by atoms with E-state index >= 15 is 0 Å². The van der Waals surface area contributed by atoms with E-state index in [1.165, 1.54) is 16.7 Å². The Labute approximate surface area is 165 Å². The van der Waals surface area contributed by atoms with Crippen LogP contribution in [0.1, 0.15) is 57.2 Å². The molecular formula is C22H28BrNO2. The molecule has 2 aromatic rings. The molecule has 0 aromatic heterocycles. The van der Waals surface area contributed by atoms with E-state index in [9.17, 15) is 4.79 Å². The van der Waals surface area contributed by atoms with Crippen molar-refractivity contribution < 1.29 is 9.53 Å². The zero-order chi connectivity index (χ0) is 19.5. The van der Waals surface area contributed by atoms with Crippen LogP contribution in [0.2, 0.25) is 0 Å². The monoisotopic (exact) mass is 417 g/mol. The lowest BCUT2D eigenvalue weighted by Crippen LogP contribution is -2.20. The first-order valence-corrected chi connectivity index (χ1v) is 9.70. The first kappa shape index (κ1) is 20.5. The van der Waals surface area contributed by atoms with Crippen LogP contribution in [0.4, 0.5) is 5.69 Å². The maximum absolute atomic E-state index is 12.2. The Hall–Kier alpha value is -1.81. The van der Waals surface area contributed by atoms with Gasteiger partial charge in [0, 0.05) is 4.47 Å². The van der Waals surface area contributed by atoms with Crippen LogP contribution in [0.15, 0.2) is 40.9 Å². The number of benzene rings is 2. The third-order valence-corrected chi connectivity index (χ3v) is 5.00. The van der Waals surface area contributed by atoms with Crippen LogP contribution in [-0.2, 0) is 10.2 Å². The SMILES string of the molecule is Cc1cc(OCC(=O)Nc2ccc(C(C)(C)C)cc2Br)ccc1C(C)C. The molecule has 0 unspecified atom stereocenters. The second-order valence-electron chi connectivity index (χ2n) is 7.95. The number of aryl methyl sites for hydroxylation is 1. The summed E-state index contributed by atoms with van der Waals surface area (Å²) < 4.78 is 6.52. The fourth-order valence-electron chi connectivity index (χ4n) is 2.80. The van der Waals surface area contributed by atoms with Crippen LogP contribution in [0.5, 0.6) is 5.75 Å². The summed E-state index contributed by atoms with van der Waals surface area (Å²) in [6.45, 7) is 12.9. The molecular weight excluding hydrogens is 390 g/mol. The molecule has 0 atom stereocenters. The van der Waals surface area contributed by atoms with Crippen LogP contribution in [0.25, 0.3) is 0 Å². The summed E-state index contributed by atoms with van der Waals surface area (Å²) in [4.78, 5) is 12.2. The van der Waals surface area contributed by atoms with E-state index in [0.717, 1.165) is 10.2 Å². The fourth-order valence-corrected chi connectivity index (χ4v) is 3.28. The van der Waals surface area contributed by atoms with Crippen molar-refractivity contribution in [3.8, 4) is 5.75 Å². The Bertz CT molecular complexity index is 791. The van der Waals surface area contributed by atoms with Gasteiger partial charge >= 0.3 is 0 Å². The lowest BCUT2D eigenvalue weighted by Gasteiger charge is -2.20. The minimum absolute atomic E-state index is 0.0199. The molecule has 4 heteroatoms. The summed E-state index contributed by atoms with van der Waals surface area (Å²) in [6, 6.07) is 12.0. The van der Waals surface area contributed by atoms with E-state index in [2.05, 4.69) is 68.9 Å². The highest BCUT2D eigenvalue weighted by atomic mass is 79.9. The van der Waals surface area contributed by atoms with Gasteiger partial charge in [-0.05, 0) is 75.1 Å². The van der Waals surface area contributed by atoms with Gasteiger partial charge in [0.1, 0.15) is 5.75 Å². The van der Waals surface area contributed by atoms with Crippen LogP contribution in [0.3, 0.4) is 0 Å². The molecule has 0 spiro atoms. The Balaban J connectivity index is 1.98. The molecule has 0 aliphatic rings. The highest BCUT2D eigenvalue weighted by Gasteiger charge is 2.15. The molecule has 0 fully saturated rings. The van der Waals surface area contributed by atoms with Gasteiger partial charge in [-0.1, -0.05) is 46.8 Å². The van der Waals surface area contributed by atoms with Gasteiger partial charge in [-0.15, -0.1) is 0 Å². The van der Waals surface area contributed by atoms with Gasteiger partial charge in [-0.25, -0.2) is 0 Å². The number of carbonyl (C=O) groups excluding carboxylic acids is 1. The largest absolute Gasteiger partial charge is 0.484 e. The summed E-state index contributed by atoms with van der Waals surface area (Å²) in [7, 11) is 0. The van der Waals surface area contributed by atoms with Crippen LogP contribution < -0.4 is 10.1 Å². The number of hydrogen-bond acceptors (Lipinski definition) is 2. The molecule has 26 heavy (non-hydrogen) atoms. The predicted octanol–water partition coefficient (Wildman–Crippen LogP) is 6.20. The third kappa shape index (κ3) is 5.34. The van der Waals surface area contributed by atoms with E-state index in [0.29, 0.717) is 11.7 Å². The van der Waals surface area contributed by atoms with Crippen molar-refractivity contribution in [1.82, 2.24) is 0 Å². The molecule has 2 aromatic carbocycles. The molecule has 0 heterocycles. The molecule has 0 bridgehead atoms. The molecule has 1 N–H and O–H groups in total. The molecule has 0 saturated heterocycles. The van der Waals surface area contributed by atoms with Crippen LogP contribution in [-0.4, -0.2) is 12.5 Å². The van der Waals surface area contributed by atoms with Gasteiger partial charge in [0.2, 0.25) is 0 Å². The fraction of sp³-hybridized carbons (Fsp3) is 0.409. The average Bonchev–Trinajstić information content (AvgIpc) is 2.53. The highest BCUT2D eigenvalue weighted by molar-refractivity contribution is 9.10. The lowest BCUT2D eigenvalue weighted by atomic mass is 9.87. The number of anilines is 1. The van der Waals surface area contributed by atoms with Crippen molar-refractivity contribution >= 4 is 27.5 Å². The second kappa shape index (κ2) is 8.26. The van der Waals surface area contributed by atoms with E-state index in [-0.39, 0.29) is 17.9 Å². The summed E-state index contributed by atoms with van der Waals surface area (Å²) >= 11 is 3.54. The number of rotatable bonds is 5. The molecule has 1 amide bonds. The molecule has 140 valence electrons. The summed E-state index contributed by atoms with van der Waals surface area (Å²) in [5, 5.41) is 2.89. The summed E-state index contributed by atoms with van der Waals surface area (Å²) in [5.41, 5.74) is 4.49. The molecule has 0 aliphatic carbocycles. The number of nitrogens with one attached hydrogen (secondary N) is 1. The number of carbonyl (C=O) groups is 1. The van der Waals surface area contributed by atoms with E-state index in [1.807, 2.05) is 30.3 Å². The van der Waals surface area contributed by atoms with Gasteiger partial charge in [0.15, 0.2) is 6.61 Å². The second-order valence-corrected chi connectivity index (χ2v) is 8.81. The first-order chi connectivity index (χ1) is 12.1. The van der Waals surface area contributed by atoms with Crippen molar-refractivity contribution in [1.29, 1.82) is 0 Å². The maximum atomic E-state index is 12.2. The quantitative estimate of drug-likeness (QED) is 0.628.